The van der Waals surface area contributed by atoms with Gasteiger partial charge in [0.2, 0.25) is 6.20 Å². The average Bonchev–Trinajstić information content (AvgIpc) is 2.16. The van der Waals surface area contributed by atoms with Crippen molar-refractivity contribution in [2.75, 3.05) is 14.1 Å². The Morgan fingerprint density at radius 2 is 2.00 bits per heavy atom. The summed E-state index contributed by atoms with van der Waals surface area (Å²) in [4.78, 5) is 20.7. The second-order valence-corrected chi connectivity index (χ2v) is 3.19. The number of rotatable bonds is 1. The minimum atomic E-state index is -1.75. The van der Waals surface area contributed by atoms with Gasteiger partial charge in [-0.1, -0.05) is 0 Å². The zero-order valence-corrected chi connectivity index (χ0v) is 9.69. The van der Waals surface area contributed by atoms with Crippen LogP contribution >= 0.6 is 0 Å². The van der Waals surface area contributed by atoms with Crippen molar-refractivity contribution in [3.63, 3.8) is 0 Å². The van der Waals surface area contributed by atoms with Crippen LogP contribution in [0.4, 0.5) is 4.79 Å². The molecule has 0 saturated carbocycles. The number of carbonyl (C=O) groups excluding carboxylic acids is 1. The molecular weight excluding hydrogens is 230 g/mol. The van der Waals surface area contributed by atoms with Crippen molar-refractivity contribution in [2.24, 2.45) is 7.05 Å². The van der Waals surface area contributed by atoms with Gasteiger partial charge in [0.1, 0.15) is 7.05 Å². The van der Waals surface area contributed by atoms with Crippen LogP contribution in [0.3, 0.4) is 0 Å². The first-order chi connectivity index (χ1) is 7.82. The molecule has 1 rings (SSSR count). The van der Waals surface area contributed by atoms with Gasteiger partial charge in [-0.15, -0.1) is 0 Å². The van der Waals surface area contributed by atoms with Gasteiger partial charge in [0.25, 0.3) is 0 Å². The molecule has 0 aromatic carbocycles. The number of carbonyl (C=O) groups is 1. The molecule has 1 heterocycles. The molecule has 0 atom stereocenters. The molecule has 0 fully saturated rings. The Hall–Kier alpha value is -2.38. The highest BCUT2D eigenvalue weighted by Crippen LogP contribution is 2.05. The molecule has 0 aliphatic rings. The van der Waals surface area contributed by atoms with E-state index in [0.29, 0.717) is 5.75 Å². The minimum absolute atomic E-state index is 0.369. The Morgan fingerprint density at radius 1 is 1.47 bits per heavy atom. The first-order valence-corrected chi connectivity index (χ1v) is 4.49. The maximum absolute atomic E-state index is 11.1. The second kappa shape index (κ2) is 6.99. The van der Waals surface area contributed by atoms with Crippen molar-refractivity contribution >= 4 is 6.09 Å². The molecular formula is C9H13N3O5. The molecule has 0 bridgehead atoms. The van der Waals surface area contributed by atoms with Crippen molar-refractivity contribution in [1.29, 1.82) is 0 Å². The molecule has 0 aliphatic carbocycles. The van der Waals surface area contributed by atoms with Crippen LogP contribution in [-0.4, -0.2) is 30.2 Å². The van der Waals surface area contributed by atoms with Crippen LogP contribution in [-0.2, 0) is 7.05 Å². The number of aryl methyl sites for hydroxylation is 1. The van der Waals surface area contributed by atoms with Gasteiger partial charge in [-0.3, -0.25) is 0 Å². The topological polar surface area (TPSA) is 99.6 Å². The van der Waals surface area contributed by atoms with E-state index >= 15 is 0 Å². The van der Waals surface area contributed by atoms with Gasteiger partial charge in [-0.25, -0.2) is 9.36 Å². The van der Waals surface area contributed by atoms with Crippen LogP contribution in [0.1, 0.15) is 0 Å². The van der Waals surface area contributed by atoms with Crippen LogP contribution in [0.15, 0.2) is 24.5 Å². The van der Waals surface area contributed by atoms with Gasteiger partial charge >= 0.3 is 6.09 Å². The molecule has 0 unspecified atom stereocenters. The Morgan fingerprint density at radius 3 is 2.41 bits per heavy atom. The van der Waals surface area contributed by atoms with Crippen LogP contribution in [0.2, 0.25) is 0 Å². The van der Waals surface area contributed by atoms with E-state index in [0.717, 1.165) is 0 Å². The molecule has 17 heavy (non-hydrogen) atoms. The zero-order valence-electron chi connectivity index (χ0n) is 9.69. The molecule has 0 N–H and O–H groups in total. The van der Waals surface area contributed by atoms with E-state index in [1.54, 1.807) is 26.4 Å². The predicted molar refractivity (Wildman–Crippen MR) is 57.7 cm³/mol. The van der Waals surface area contributed by atoms with Crippen molar-refractivity contribution in [3.05, 3.63) is 39.8 Å². The molecule has 8 heteroatoms. The van der Waals surface area contributed by atoms with Gasteiger partial charge in [0, 0.05) is 20.2 Å². The van der Waals surface area contributed by atoms with E-state index in [-0.39, 0.29) is 6.09 Å². The molecule has 0 aliphatic heterocycles. The van der Waals surface area contributed by atoms with Gasteiger partial charge < -0.3 is 25.0 Å². The van der Waals surface area contributed by atoms with E-state index < -0.39 is 5.09 Å². The van der Waals surface area contributed by atoms with Crippen LogP contribution in [0.25, 0.3) is 0 Å². The highest BCUT2D eigenvalue weighted by molar-refractivity contribution is 5.69. The Labute approximate surface area is 97.8 Å². The molecule has 0 radical (unpaired) electrons. The van der Waals surface area contributed by atoms with Crippen LogP contribution < -0.4 is 9.30 Å². The number of nitrogens with zero attached hydrogens (tertiary/aromatic N) is 3. The van der Waals surface area contributed by atoms with Gasteiger partial charge in [-0.05, 0) is 6.07 Å². The van der Waals surface area contributed by atoms with Crippen molar-refractivity contribution < 1.29 is 19.2 Å². The summed E-state index contributed by atoms with van der Waals surface area (Å²) in [5, 5.41) is 14.8. The Kier molecular flexibility index (Phi) is 6.01. The summed E-state index contributed by atoms with van der Waals surface area (Å²) >= 11 is 0. The summed E-state index contributed by atoms with van der Waals surface area (Å²) in [6.45, 7) is 0. The predicted octanol–water partition coefficient (Wildman–Crippen LogP) is 0.332. The lowest BCUT2D eigenvalue weighted by Crippen LogP contribution is -2.29. The largest absolute Gasteiger partial charge is 0.414 e. The maximum Gasteiger partial charge on any atom is 0.414 e. The molecule has 0 saturated heterocycles. The Balaban J connectivity index is 0.000000557. The normalized spacial score (nSPS) is 8.65. The van der Waals surface area contributed by atoms with Crippen molar-refractivity contribution in [3.8, 4) is 5.75 Å². The number of hydrogen-bond acceptors (Lipinski definition) is 5. The van der Waals surface area contributed by atoms with Gasteiger partial charge in [-0.2, -0.15) is 0 Å². The quantitative estimate of drug-likeness (QED) is 0.402. The molecule has 1 amide bonds. The van der Waals surface area contributed by atoms with E-state index in [9.17, 15) is 4.79 Å². The summed E-state index contributed by atoms with van der Waals surface area (Å²) in [5.41, 5.74) is 0. The second-order valence-electron chi connectivity index (χ2n) is 3.19. The lowest BCUT2D eigenvalue weighted by atomic mass is 10.4. The molecule has 0 spiro atoms. The SMILES string of the molecule is CN(C)C(=O)Oc1ccc[n+](C)c1.O=[N+]([O-])[O-]. The first-order valence-electron chi connectivity index (χ1n) is 4.49. The highest BCUT2D eigenvalue weighted by atomic mass is 16.9. The van der Waals surface area contributed by atoms with E-state index in [1.807, 2.05) is 23.9 Å². The van der Waals surface area contributed by atoms with E-state index in [2.05, 4.69) is 0 Å². The number of hydrogen-bond donors (Lipinski definition) is 0. The number of pyridine rings is 1. The number of ether oxygens (including phenoxy) is 1. The first kappa shape index (κ1) is 14.6. The van der Waals surface area contributed by atoms with Crippen molar-refractivity contribution in [2.45, 2.75) is 0 Å². The van der Waals surface area contributed by atoms with Crippen LogP contribution in [0.5, 0.6) is 5.75 Å². The maximum atomic E-state index is 11.1. The molecule has 94 valence electrons. The van der Waals surface area contributed by atoms with Gasteiger partial charge in [0.05, 0.1) is 5.09 Å². The zero-order chi connectivity index (χ0) is 13.4. The smallest absolute Gasteiger partial charge is 0.404 e. The molecule has 1 aromatic heterocycles. The third-order valence-electron chi connectivity index (χ3n) is 1.48. The average molecular weight is 243 g/mol. The minimum Gasteiger partial charge on any atom is -0.404 e. The summed E-state index contributed by atoms with van der Waals surface area (Å²) in [6.07, 6.45) is 3.24. The summed E-state index contributed by atoms with van der Waals surface area (Å²) < 4.78 is 6.84. The molecule has 8 nitrogen and oxygen atoms in total. The third-order valence-corrected chi connectivity index (χ3v) is 1.48. The van der Waals surface area contributed by atoms with E-state index in [1.165, 1.54) is 4.90 Å². The fourth-order valence-electron chi connectivity index (χ4n) is 0.813. The summed E-state index contributed by atoms with van der Waals surface area (Å²) in [6, 6.07) is 3.56. The van der Waals surface area contributed by atoms with Crippen molar-refractivity contribution in [1.82, 2.24) is 4.90 Å². The molecule has 1 aromatic rings. The lowest BCUT2D eigenvalue weighted by Gasteiger charge is -2.09. The number of amides is 1. The van der Waals surface area contributed by atoms with Gasteiger partial charge in [0.15, 0.2) is 11.9 Å². The standard InChI is InChI=1S/C9H13N2O2.NO3/c1-10(2)9(12)13-8-5-4-6-11(3)7-8;2-1(3)4/h4-7H,1-3H3;/q+1;-1. The monoisotopic (exact) mass is 243 g/mol. The summed E-state index contributed by atoms with van der Waals surface area (Å²) in [5.74, 6) is 0.545. The number of aromatic nitrogens is 1. The lowest BCUT2D eigenvalue weighted by molar-refractivity contribution is -0.671. The highest BCUT2D eigenvalue weighted by Gasteiger charge is 2.08. The summed E-state index contributed by atoms with van der Waals surface area (Å²) in [7, 11) is 5.16. The third kappa shape index (κ3) is 7.54. The van der Waals surface area contributed by atoms with E-state index in [4.69, 9.17) is 20.1 Å². The fourth-order valence-corrected chi connectivity index (χ4v) is 0.813. The Bertz CT molecular complexity index is 390. The van der Waals surface area contributed by atoms with Crippen LogP contribution in [0, 0.1) is 15.3 Å². The fraction of sp³-hybridized carbons (Fsp3) is 0.333.